The zero-order chi connectivity index (χ0) is 13.0. The standard InChI is InChI=1S/C12H14ClN3OS/c13-11-8-3-1-2-4-9(8)18-10(11)7-15-5-6-16-12(14)17/h1-4,15H,5-7H2,(H3,14,16,17). The number of halogens is 1. The van der Waals surface area contributed by atoms with Crippen molar-refractivity contribution < 1.29 is 4.79 Å². The highest BCUT2D eigenvalue weighted by Gasteiger charge is 2.08. The quantitative estimate of drug-likeness (QED) is 0.737. The van der Waals surface area contributed by atoms with E-state index in [2.05, 4.69) is 16.7 Å². The minimum atomic E-state index is -0.503. The van der Waals surface area contributed by atoms with Crippen LogP contribution < -0.4 is 16.4 Å². The molecule has 0 aliphatic carbocycles. The molecule has 4 nitrogen and oxygen atoms in total. The fourth-order valence-electron chi connectivity index (χ4n) is 1.65. The molecule has 0 bridgehead atoms. The van der Waals surface area contributed by atoms with E-state index < -0.39 is 6.03 Å². The Labute approximate surface area is 114 Å². The highest BCUT2D eigenvalue weighted by molar-refractivity contribution is 7.19. The van der Waals surface area contributed by atoms with Crippen LogP contribution in [0.1, 0.15) is 4.88 Å². The van der Waals surface area contributed by atoms with Gasteiger partial charge in [0.05, 0.1) is 5.02 Å². The van der Waals surface area contributed by atoms with Gasteiger partial charge in [0.25, 0.3) is 0 Å². The van der Waals surface area contributed by atoms with Gasteiger partial charge in [0.2, 0.25) is 0 Å². The average molecular weight is 284 g/mol. The number of amides is 2. The number of hydrogen-bond acceptors (Lipinski definition) is 3. The number of benzene rings is 1. The van der Waals surface area contributed by atoms with Gasteiger partial charge in [-0.25, -0.2) is 4.79 Å². The first-order valence-corrected chi connectivity index (χ1v) is 6.78. The van der Waals surface area contributed by atoms with Crippen molar-refractivity contribution in [2.45, 2.75) is 6.54 Å². The number of nitrogens with two attached hydrogens (primary N) is 1. The van der Waals surface area contributed by atoms with E-state index in [-0.39, 0.29) is 0 Å². The van der Waals surface area contributed by atoms with Crippen LogP contribution in [0, 0.1) is 0 Å². The molecule has 2 rings (SSSR count). The van der Waals surface area contributed by atoms with E-state index in [9.17, 15) is 4.79 Å². The summed E-state index contributed by atoms with van der Waals surface area (Å²) in [4.78, 5) is 11.6. The highest BCUT2D eigenvalue weighted by Crippen LogP contribution is 2.34. The molecule has 0 saturated heterocycles. The Balaban J connectivity index is 1.91. The molecule has 2 aromatic rings. The van der Waals surface area contributed by atoms with E-state index in [1.165, 1.54) is 4.70 Å². The molecule has 0 aliphatic rings. The Hall–Kier alpha value is -1.30. The van der Waals surface area contributed by atoms with Crippen LogP contribution in [-0.4, -0.2) is 19.1 Å². The van der Waals surface area contributed by atoms with Crippen LogP contribution in [0.25, 0.3) is 10.1 Å². The lowest BCUT2D eigenvalue weighted by molar-refractivity contribution is 0.249. The molecule has 4 N–H and O–H groups in total. The van der Waals surface area contributed by atoms with E-state index in [4.69, 9.17) is 17.3 Å². The van der Waals surface area contributed by atoms with Crippen LogP contribution >= 0.6 is 22.9 Å². The third kappa shape index (κ3) is 3.13. The van der Waals surface area contributed by atoms with Crippen molar-refractivity contribution in [2.24, 2.45) is 5.73 Å². The number of carbonyl (C=O) groups is 1. The number of thiophene rings is 1. The largest absolute Gasteiger partial charge is 0.352 e. The summed E-state index contributed by atoms with van der Waals surface area (Å²) in [7, 11) is 0. The van der Waals surface area contributed by atoms with Gasteiger partial charge < -0.3 is 16.4 Å². The van der Waals surface area contributed by atoms with Crippen molar-refractivity contribution >= 4 is 39.1 Å². The molecule has 1 heterocycles. The predicted molar refractivity (Wildman–Crippen MR) is 76.1 cm³/mol. The smallest absolute Gasteiger partial charge is 0.312 e. The lowest BCUT2D eigenvalue weighted by atomic mass is 10.2. The number of urea groups is 1. The van der Waals surface area contributed by atoms with Gasteiger partial charge in [0.15, 0.2) is 0 Å². The van der Waals surface area contributed by atoms with E-state index in [0.717, 1.165) is 15.3 Å². The zero-order valence-electron chi connectivity index (χ0n) is 9.70. The van der Waals surface area contributed by atoms with Gasteiger partial charge in [0, 0.05) is 34.6 Å². The Kier molecular flexibility index (Phi) is 4.41. The SMILES string of the molecule is NC(=O)NCCNCc1sc2ccccc2c1Cl. The van der Waals surface area contributed by atoms with Crippen LogP contribution in [0.5, 0.6) is 0 Å². The lowest BCUT2D eigenvalue weighted by Gasteiger charge is -2.03. The maximum absolute atomic E-state index is 10.5. The van der Waals surface area contributed by atoms with E-state index in [0.29, 0.717) is 19.6 Å². The molecule has 1 aromatic heterocycles. The van der Waals surface area contributed by atoms with Crippen LogP contribution in [-0.2, 0) is 6.54 Å². The molecule has 0 saturated carbocycles. The first kappa shape index (κ1) is 13.1. The third-order valence-corrected chi connectivity index (χ3v) is 4.20. The summed E-state index contributed by atoms with van der Waals surface area (Å²) in [6, 6.07) is 7.56. The van der Waals surface area contributed by atoms with Crippen molar-refractivity contribution in [3.63, 3.8) is 0 Å². The second-order valence-electron chi connectivity index (χ2n) is 3.80. The second kappa shape index (κ2) is 6.04. The molecule has 0 spiro atoms. The number of rotatable bonds is 5. The van der Waals surface area contributed by atoms with Crippen molar-refractivity contribution in [1.82, 2.24) is 10.6 Å². The fraction of sp³-hybridized carbons (Fsp3) is 0.250. The van der Waals surface area contributed by atoms with E-state index in [1.54, 1.807) is 11.3 Å². The number of hydrogen-bond donors (Lipinski definition) is 3. The van der Waals surface area contributed by atoms with Gasteiger partial charge in [-0.15, -0.1) is 11.3 Å². The zero-order valence-corrected chi connectivity index (χ0v) is 11.3. The van der Waals surface area contributed by atoms with Crippen molar-refractivity contribution in [3.05, 3.63) is 34.2 Å². The fourth-order valence-corrected chi connectivity index (χ4v) is 3.12. The van der Waals surface area contributed by atoms with Crippen LogP contribution in [0.4, 0.5) is 4.79 Å². The first-order chi connectivity index (χ1) is 8.68. The van der Waals surface area contributed by atoms with Gasteiger partial charge >= 0.3 is 6.03 Å². The summed E-state index contributed by atoms with van der Waals surface area (Å²) in [6.45, 7) is 1.87. The Morgan fingerprint density at radius 2 is 2.11 bits per heavy atom. The maximum Gasteiger partial charge on any atom is 0.312 e. The number of nitrogens with one attached hydrogen (secondary N) is 2. The molecule has 0 fully saturated rings. The summed E-state index contributed by atoms with van der Waals surface area (Å²) >= 11 is 7.98. The van der Waals surface area contributed by atoms with Crippen molar-refractivity contribution in [2.75, 3.05) is 13.1 Å². The van der Waals surface area contributed by atoms with E-state index in [1.807, 2.05) is 18.2 Å². The van der Waals surface area contributed by atoms with Crippen molar-refractivity contribution in [3.8, 4) is 0 Å². The minimum Gasteiger partial charge on any atom is -0.352 e. The minimum absolute atomic E-state index is 0.503. The number of carbonyl (C=O) groups excluding carboxylic acids is 1. The normalized spacial score (nSPS) is 10.7. The summed E-state index contributed by atoms with van der Waals surface area (Å²) in [6.07, 6.45) is 0. The molecule has 6 heteroatoms. The molecule has 2 amide bonds. The summed E-state index contributed by atoms with van der Waals surface area (Å²) in [5.41, 5.74) is 4.96. The number of primary amides is 1. The highest BCUT2D eigenvalue weighted by atomic mass is 35.5. The molecule has 0 unspecified atom stereocenters. The molecule has 0 aliphatic heterocycles. The van der Waals surface area contributed by atoms with Crippen LogP contribution in [0.15, 0.2) is 24.3 Å². The summed E-state index contributed by atoms with van der Waals surface area (Å²) < 4.78 is 1.19. The molecular formula is C12H14ClN3OS. The third-order valence-electron chi connectivity index (χ3n) is 2.49. The van der Waals surface area contributed by atoms with Gasteiger partial charge in [-0.05, 0) is 6.07 Å². The summed E-state index contributed by atoms with van der Waals surface area (Å²) in [5.74, 6) is 0. The maximum atomic E-state index is 10.5. The second-order valence-corrected chi connectivity index (χ2v) is 5.32. The Morgan fingerprint density at radius 1 is 1.33 bits per heavy atom. The van der Waals surface area contributed by atoms with Crippen LogP contribution in [0.2, 0.25) is 5.02 Å². The Bertz CT molecular complexity index is 555. The molecule has 18 heavy (non-hydrogen) atoms. The lowest BCUT2D eigenvalue weighted by Crippen LogP contribution is -2.35. The topological polar surface area (TPSA) is 67.2 Å². The molecule has 0 atom stereocenters. The molecule has 96 valence electrons. The first-order valence-electron chi connectivity index (χ1n) is 5.58. The molecule has 1 aromatic carbocycles. The van der Waals surface area contributed by atoms with Crippen LogP contribution in [0.3, 0.4) is 0 Å². The van der Waals surface area contributed by atoms with Gasteiger partial charge in [-0.2, -0.15) is 0 Å². The van der Waals surface area contributed by atoms with Gasteiger partial charge in [-0.3, -0.25) is 0 Å². The van der Waals surface area contributed by atoms with Crippen molar-refractivity contribution in [1.29, 1.82) is 0 Å². The van der Waals surface area contributed by atoms with Gasteiger partial charge in [-0.1, -0.05) is 29.8 Å². The molecular weight excluding hydrogens is 270 g/mol. The predicted octanol–water partition coefficient (Wildman–Crippen LogP) is 2.31. The average Bonchev–Trinajstić information content (AvgIpc) is 2.66. The van der Waals surface area contributed by atoms with Gasteiger partial charge in [0.1, 0.15) is 0 Å². The Morgan fingerprint density at radius 3 is 2.83 bits per heavy atom. The monoisotopic (exact) mass is 283 g/mol. The summed E-state index contributed by atoms with van der Waals surface area (Å²) in [5, 5.41) is 7.64. The molecule has 0 radical (unpaired) electrons. The van der Waals surface area contributed by atoms with E-state index >= 15 is 0 Å². The number of fused-ring (bicyclic) bond motifs is 1.